The first kappa shape index (κ1) is 30.1. The minimum absolute atomic E-state index is 0.00267. The molecule has 0 bridgehead atoms. The van der Waals surface area contributed by atoms with Crippen LogP contribution in [0.2, 0.25) is 0 Å². The van der Waals surface area contributed by atoms with E-state index in [0.29, 0.717) is 24.1 Å². The number of rotatable bonds is 13. The van der Waals surface area contributed by atoms with Crippen LogP contribution in [0.4, 0.5) is 0 Å². The number of carbonyl (C=O) groups is 5. The number of carboxylic acids is 2. The summed E-state index contributed by atoms with van der Waals surface area (Å²) in [6.07, 6.45) is 2.10. The Morgan fingerprint density at radius 3 is 2.21 bits per heavy atom. The van der Waals surface area contributed by atoms with Crippen molar-refractivity contribution in [3.63, 3.8) is 0 Å². The van der Waals surface area contributed by atoms with Crippen molar-refractivity contribution >= 4 is 40.6 Å². The summed E-state index contributed by atoms with van der Waals surface area (Å²) in [5, 5.41) is 40.0. The van der Waals surface area contributed by atoms with Gasteiger partial charge in [-0.1, -0.05) is 30.3 Å². The van der Waals surface area contributed by atoms with Gasteiger partial charge in [-0.25, -0.2) is 4.79 Å². The van der Waals surface area contributed by atoms with Gasteiger partial charge in [0.2, 0.25) is 17.7 Å². The molecular formula is C29H33N5O8. The molecule has 4 unspecified atom stereocenters. The number of H-pyrrole nitrogens is 1. The van der Waals surface area contributed by atoms with E-state index in [0.717, 1.165) is 17.3 Å². The van der Waals surface area contributed by atoms with E-state index in [1.165, 1.54) is 24.3 Å². The van der Waals surface area contributed by atoms with E-state index in [-0.39, 0.29) is 18.6 Å². The van der Waals surface area contributed by atoms with Crippen LogP contribution >= 0.6 is 0 Å². The third-order valence-corrected chi connectivity index (χ3v) is 7.11. The molecule has 1 aliphatic rings. The summed E-state index contributed by atoms with van der Waals surface area (Å²) in [4.78, 5) is 66.2. The third-order valence-electron chi connectivity index (χ3n) is 7.11. The number of hydrogen-bond acceptors (Lipinski definition) is 7. The molecule has 42 heavy (non-hydrogen) atoms. The van der Waals surface area contributed by atoms with Crippen molar-refractivity contribution < 1.29 is 39.3 Å². The lowest BCUT2D eigenvalue weighted by atomic mass is 10.0. The highest BCUT2D eigenvalue weighted by molar-refractivity contribution is 5.96. The monoisotopic (exact) mass is 579 g/mol. The van der Waals surface area contributed by atoms with Gasteiger partial charge in [-0.3, -0.25) is 19.2 Å². The summed E-state index contributed by atoms with van der Waals surface area (Å²) in [5.41, 5.74) is 1.99. The Hall–Kier alpha value is -4.91. The molecule has 0 aliphatic carbocycles. The van der Waals surface area contributed by atoms with Gasteiger partial charge >= 0.3 is 11.9 Å². The number of phenols is 1. The molecule has 4 rings (SSSR count). The van der Waals surface area contributed by atoms with Crippen molar-refractivity contribution in [2.45, 2.75) is 56.3 Å². The van der Waals surface area contributed by atoms with Crippen LogP contribution in [0.25, 0.3) is 10.9 Å². The predicted octanol–water partition coefficient (Wildman–Crippen LogP) is 0.424. The highest BCUT2D eigenvalue weighted by Crippen LogP contribution is 2.20. The Labute approximate surface area is 240 Å². The van der Waals surface area contributed by atoms with Gasteiger partial charge in [0.05, 0.1) is 12.5 Å². The van der Waals surface area contributed by atoms with E-state index in [1.54, 1.807) is 12.3 Å². The van der Waals surface area contributed by atoms with Gasteiger partial charge < -0.3 is 41.6 Å². The molecule has 2 aromatic carbocycles. The molecule has 1 aromatic heterocycles. The molecule has 8 N–H and O–H groups in total. The van der Waals surface area contributed by atoms with Crippen molar-refractivity contribution in [2.75, 3.05) is 6.54 Å². The smallest absolute Gasteiger partial charge is 0.326 e. The second kappa shape index (κ2) is 13.6. The van der Waals surface area contributed by atoms with Crippen molar-refractivity contribution in [1.82, 2.24) is 26.3 Å². The predicted molar refractivity (Wildman–Crippen MR) is 151 cm³/mol. The van der Waals surface area contributed by atoms with Crippen molar-refractivity contribution in [1.29, 1.82) is 0 Å². The Bertz CT molecular complexity index is 1450. The van der Waals surface area contributed by atoms with E-state index < -0.39 is 60.2 Å². The summed E-state index contributed by atoms with van der Waals surface area (Å²) in [6.45, 7) is 0.621. The maximum atomic E-state index is 13.5. The first-order valence-electron chi connectivity index (χ1n) is 13.5. The summed E-state index contributed by atoms with van der Waals surface area (Å²) < 4.78 is 0. The fraction of sp³-hybridized carbons (Fsp3) is 0.345. The van der Waals surface area contributed by atoms with Crippen LogP contribution in [0, 0.1) is 0 Å². The number of benzene rings is 2. The molecule has 0 spiro atoms. The van der Waals surface area contributed by atoms with Crippen LogP contribution in [-0.2, 0) is 36.8 Å². The number of aromatic nitrogens is 1. The number of carbonyl (C=O) groups excluding carboxylic acids is 3. The zero-order valence-electron chi connectivity index (χ0n) is 22.6. The molecule has 0 radical (unpaired) electrons. The minimum atomic E-state index is -1.47. The van der Waals surface area contributed by atoms with Crippen molar-refractivity contribution in [3.8, 4) is 5.75 Å². The second-order valence-corrected chi connectivity index (χ2v) is 10.2. The number of fused-ring (bicyclic) bond motifs is 1. The topological polar surface area (TPSA) is 210 Å². The molecular weight excluding hydrogens is 546 g/mol. The number of aromatic hydroxyl groups is 1. The average molecular weight is 580 g/mol. The quantitative estimate of drug-likeness (QED) is 0.141. The standard InChI is InChI=1S/C29H33N5O8/c35-18-9-7-16(8-10-18)12-24(29(41)42)34-27(39)22(13-17-15-31-20-5-2-1-4-19(17)20)32-28(40)23(14-25(36)37)33-26(38)21-6-3-11-30-21/h1-2,4-5,7-10,15,21-24,30-31,35H,3,6,11-14H2,(H,32,40)(H,33,38)(H,34,39)(H,36,37)(H,41,42). The highest BCUT2D eigenvalue weighted by Gasteiger charge is 2.33. The first-order valence-corrected chi connectivity index (χ1v) is 13.5. The van der Waals surface area contributed by atoms with Crippen molar-refractivity contribution in [2.24, 2.45) is 0 Å². The van der Waals surface area contributed by atoms with Gasteiger partial charge in [0.1, 0.15) is 23.9 Å². The largest absolute Gasteiger partial charge is 0.508 e. The van der Waals surface area contributed by atoms with E-state index in [2.05, 4.69) is 26.3 Å². The van der Waals surface area contributed by atoms with Gasteiger partial charge in [-0.2, -0.15) is 0 Å². The van der Waals surface area contributed by atoms with Crippen LogP contribution in [0.3, 0.4) is 0 Å². The maximum absolute atomic E-state index is 13.5. The van der Waals surface area contributed by atoms with Gasteiger partial charge in [0.25, 0.3) is 0 Å². The number of phenolic OH excluding ortho intramolecular Hbond substituents is 1. The normalized spacial score (nSPS) is 16.7. The Kier molecular flexibility index (Phi) is 9.76. The average Bonchev–Trinajstić information content (AvgIpc) is 3.64. The van der Waals surface area contributed by atoms with Gasteiger partial charge in [-0.15, -0.1) is 0 Å². The number of aromatic amines is 1. The molecule has 222 valence electrons. The first-order chi connectivity index (χ1) is 20.1. The van der Waals surface area contributed by atoms with Crippen LogP contribution in [-0.4, -0.2) is 80.7 Å². The lowest BCUT2D eigenvalue weighted by molar-refractivity contribution is -0.143. The summed E-state index contributed by atoms with van der Waals surface area (Å²) in [7, 11) is 0. The lowest BCUT2D eigenvalue weighted by Gasteiger charge is -2.25. The van der Waals surface area contributed by atoms with E-state index >= 15 is 0 Å². The number of amides is 3. The van der Waals surface area contributed by atoms with E-state index in [9.17, 15) is 39.3 Å². The Morgan fingerprint density at radius 1 is 0.857 bits per heavy atom. The SMILES string of the molecule is O=C(O)CC(NC(=O)C1CCCN1)C(=O)NC(Cc1c[nH]c2ccccc12)C(=O)NC(Cc1ccc(O)cc1)C(=O)O. The molecule has 13 nitrogen and oxygen atoms in total. The molecule has 1 fully saturated rings. The fourth-order valence-electron chi connectivity index (χ4n) is 4.91. The summed E-state index contributed by atoms with van der Waals surface area (Å²) in [5.74, 6) is -4.86. The molecule has 1 aliphatic heterocycles. The van der Waals surface area contributed by atoms with Crippen LogP contribution in [0.5, 0.6) is 5.75 Å². The Morgan fingerprint density at radius 2 is 1.55 bits per heavy atom. The van der Waals surface area contributed by atoms with Crippen LogP contribution in [0.1, 0.15) is 30.4 Å². The molecule has 2 heterocycles. The molecule has 1 saturated heterocycles. The molecule has 13 heteroatoms. The van der Waals surface area contributed by atoms with Crippen LogP contribution in [0.15, 0.2) is 54.7 Å². The maximum Gasteiger partial charge on any atom is 0.326 e. The summed E-state index contributed by atoms with van der Waals surface area (Å²) >= 11 is 0. The van der Waals surface area contributed by atoms with Crippen molar-refractivity contribution in [3.05, 3.63) is 65.9 Å². The van der Waals surface area contributed by atoms with Gasteiger partial charge in [0, 0.05) is 29.9 Å². The zero-order chi connectivity index (χ0) is 30.2. The molecule has 3 aromatic rings. The molecule has 0 saturated carbocycles. The third kappa shape index (κ3) is 7.85. The number of hydrogen-bond donors (Lipinski definition) is 8. The molecule has 4 atom stereocenters. The number of aliphatic carboxylic acids is 2. The summed E-state index contributed by atoms with van der Waals surface area (Å²) in [6, 6.07) is 8.44. The highest BCUT2D eigenvalue weighted by atomic mass is 16.4. The second-order valence-electron chi connectivity index (χ2n) is 10.2. The van der Waals surface area contributed by atoms with Gasteiger partial charge in [0.15, 0.2) is 0 Å². The minimum Gasteiger partial charge on any atom is -0.508 e. The number of carboxylic acid groups (broad SMARTS) is 2. The number of nitrogens with one attached hydrogen (secondary N) is 5. The van der Waals surface area contributed by atoms with Gasteiger partial charge in [-0.05, 0) is 48.7 Å². The number of para-hydroxylation sites is 1. The van der Waals surface area contributed by atoms with E-state index in [1.807, 2.05) is 18.2 Å². The van der Waals surface area contributed by atoms with Crippen LogP contribution < -0.4 is 21.3 Å². The zero-order valence-corrected chi connectivity index (χ0v) is 22.6. The molecule has 3 amide bonds. The Balaban J connectivity index is 1.56. The fourth-order valence-corrected chi connectivity index (χ4v) is 4.91. The van der Waals surface area contributed by atoms with E-state index in [4.69, 9.17) is 0 Å². The lowest BCUT2D eigenvalue weighted by Crippen LogP contribution is -2.58.